The molecule has 1 aliphatic carbocycles. The van der Waals surface area contributed by atoms with E-state index >= 15 is 0 Å². The van der Waals surface area contributed by atoms with Crippen molar-refractivity contribution in [3.63, 3.8) is 0 Å². The molecule has 4 nitrogen and oxygen atoms in total. The maximum absolute atomic E-state index is 12.1. The fourth-order valence-corrected chi connectivity index (χ4v) is 2.62. The number of ether oxygens (including phenoxy) is 1. The first-order valence-electron chi connectivity index (χ1n) is 6.39. The van der Waals surface area contributed by atoms with Gasteiger partial charge in [0.15, 0.2) is 5.78 Å². The summed E-state index contributed by atoms with van der Waals surface area (Å²) in [6, 6.07) is 9.32. The Morgan fingerprint density at radius 1 is 1.42 bits per heavy atom. The zero-order chi connectivity index (χ0) is 14.0. The van der Waals surface area contributed by atoms with Crippen LogP contribution in [0.15, 0.2) is 30.3 Å². The van der Waals surface area contributed by atoms with Gasteiger partial charge >= 0.3 is 5.97 Å². The van der Waals surface area contributed by atoms with Gasteiger partial charge in [0, 0.05) is 6.42 Å². The summed E-state index contributed by atoms with van der Waals surface area (Å²) in [5.74, 6) is -1.76. The third-order valence-electron chi connectivity index (χ3n) is 3.72. The van der Waals surface area contributed by atoms with E-state index < -0.39 is 17.5 Å². The smallest absolute Gasteiger partial charge is 0.312 e. The number of rotatable bonds is 3. The summed E-state index contributed by atoms with van der Waals surface area (Å²) in [6.45, 7) is 3.34. The van der Waals surface area contributed by atoms with Crippen LogP contribution in [0.1, 0.15) is 25.8 Å². The van der Waals surface area contributed by atoms with Crippen LogP contribution in [0.3, 0.4) is 0 Å². The van der Waals surface area contributed by atoms with Crippen molar-refractivity contribution < 1.29 is 19.4 Å². The van der Waals surface area contributed by atoms with E-state index in [0.717, 1.165) is 5.56 Å². The van der Waals surface area contributed by atoms with Crippen LogP contribution in [0.2, 0.25) is 0 Å². The summed E-state index contributed by atoms with van der Waals surface area (Å²) in [5.41, 5.74) is -0.722. The number of carbonyl (C=O) groups is 2. The van der Waals surface area contributed by atoms with Crippen LogP contribution in [0.25, 0.3) is 0 Å². The standard InChI is InChI=1S/C15H18O4/c1-10-8-12(16)15(2,18)13(10)14(17)19-9-11-6-4-3-5-7-11/h3-7,10,13,18H,8-9H2,1-2H3/t10-,13-,15+/m1/s1. The molecule has 0 aromatic heterocycles. The molecule has 0 aliphatic heterocycles. The van der Waals surface area contributed by atoms with Gasteiger partial charge in [-0.1, -0.05) is 37.3 Å². The molecule has 1 saturated carbocycles. The molecule has 0 amide bonds. The summed E-state index contributed by atoms with van der Waals surface area (Å²) in [7, 11) is 0. The first-order valence-corrected chi connectivity index (χ1v) is 6.39. The lowest BCUT2D eigenvalue weighted by Gasteiger charge is -2.24. The Morgan fingerprint density at radius 2 is 2.05 bits per heavy atom. The molecule has 4 heteroatoms. The molecule has 2 rings (SSSR count). The predicted molar refractivity (Wildman–Crippen MR) is 69.1 cm³/mol. The van der Waals surface area contributed by atoms with Crippen LogP contribution in [0.4, 0.5) is 0 Å². The molecule has 0 spiro atoms. The summed E-state index contributed by atoms with van der Waals surface area (Å²) >= 11 is 0. The quantitative estimate of drug-likeness (QED) is 0.842. The summed E-state index contributed by atoms with van der Waals surface area (Å²) in [6.07, 6.45) is 0.220. The van der Waals surface area contributed by atoms with Crippen molar-refractivity contribution in [2.45, 2.75) is 32.5 Å². The van der Waals surface area contributed by atoms with Crippen LogP contribution in [0, 0.1) is 11.8 Å². The highest BCUT2D eigenvalue weighted by atomic mass is 16.5. The third-order valence-corrected chi connectivity index (χ3v) is 3.72. The van der Waals surface area contributed by atoms with E-state index in [1.54, 1.807) is 6.92 Å². The van der Waals surface area contributed by atoms with Crippen LogP contribution >= 0.6 is 0 Å². The van der Waals surface area contributed by atoms with Crippen molar-refractivity contribution in [1.29, 1.82) is 0 Å². The third kappa shape index (κ3) is 2.68. The lowest BCUT2D eigenvalue weighted by atomic mass is 9.88. The van der Waals surface area contributed by atoms with E-state index in [0.29, 0.717) is 0 Å². The first-order chi connectivity index (χ1) is 8.93. The molecule has 0 heterocycles. The van der Waals surface area contributed by atoms with Gasteiger partial charge in [0.2, 0.25) is 0 Å². The summed E-state index contributed by atoms with van der Waals surface area (Å²) in [4.78, 5) is 23.7. The van der Waals surface area contributed by atoms with E-state index in [1.165, 1.54) is 6.92 Å². The number of carbonyl (C=O) groups excluding carboxylic acids is 2. The van der Waals surface area contributed by atoms with Crippen LogP contribution in [-0.2, 0) is 20.9 Å². The fraction of sp³-hybridized carbons (Fsp3) is 0.467. The Hall–Kier alpha value is -1.68. The molecule has 0 bridgehead atoms. The van der Waals surface area contributed by atoms with Crippen molar-refractivity contribution in [3.05, 3.63) is 35.9 Å². The molecule has 3 atom stereocenters. The molecule has 0 unspecified atom stereocenters. The minimum Gasteiger partial charge on any atom is -0.460 e. The Kier molecular flexibility index (Phi) is 3.71. The highest BCUT2D eigenvalue weighted by Crippen LogP contribution is 2.38. The van der Waals surface area contributed by atoms with E-state index in [2.05, 4.69) is 0 Å². The largest absolute Gasteiger partial charge is 0.460 e. The van der Waals surface area contributed by atoms with Gasteiger partial charge in [-0.15, -0.1) is 0 Å². The lowest BCUT2D eigenvalue weighted by molar-refractivity contribution is -0.162. The Balaban J connectivity index is 2.02. The van der Waals surface area contributed by atoms with Gasteiger partial charge in [0.05, 0.1) is 5.92 Å². The Morgan fingerprint density at radius 3 is 2.58 bits per heavy atom. The number of esters is 1. The number of Topliss-reactive ketones (excluding diaryl/α,β-unsaturated/α-hetero) is 1. The zero-order valence-corrected chi connectivity index (χ0v) is 11.1. The second-order valence-electron chi connectivity index (χ2n) is 5.32. The highest BCUT2D eigenvalue weighted by Gasteiger charge is 2.53. The molecule has 102 valence electrons. The van der Waals surface area contributed by atoms with Crippen molar-refractivity contribution in [3.8, 4) is 0 Å². The lowest BCUT2D eigenvalue weighted by Crippen LogP contribution is -2.42. The molecule has 0 radical (unpaired) electrons. The first kappa shape index (κ1) is 13.7. The van der Waals surface area contributed by atoms with Gasteiger partial charge in [0.1, 0.15) is 12.2 Å². The van der Waals surface area contributed by atoms with Crippen LogP contribution < -0.4 is 0 Å². The Bertz CT molecular complexity index is 478. The summed E-state index contributed by atoms with van der Waals surface area (Å²) in [5, 5.41) is 10.1. The van der Waals surface area contributed by atoms with Crippen molar-refractivity contribution >= 4 is 11.8 Å². The van der Waals surface area contributed by atoms with Gasteiger partial charge in [-0.25, -0.2) is 0 Å². The molecule has 1 aromatic rings. The second-order valence-corrected chi connectivity index (χ2v) is 5.32. The number of hydrogen-bond acceptors (Lipinski definition) is 4. The molecular formula is C15H18O4. The fourth-order valence-electron chi connectivity index (χ4n) is 2.62. The number of hydrogen-bond donors (Lipinski definition) is 1. The normalized spacial score (nSPS) is 30.4. The SMILES string of the molecule is C[C@@H]1CC(=O)[C@](C)(O)[C@H]1C(=O)OCc1ccccc1. The molecule has 1 aromatic carbocycles. The van der Waals surface area contributed by atoms with E-state index in [9.17, 15) is 14.7 Å². The predicted octanol–water partition coefficient (Wildman–Crippen LogP) is 1.71. The molecule has 1 aliphatic rings. The van der Waals surface area contributed by atoms with Gasteiger partial charge in [-0.2, -0.15) is 0 Å². The van der Waals surface area contributed by atoms with Gasteiger partial charge in [-0.3, -0.25) is 9.59 Å². The molecule has 19 heavy (non-hydrogen) atoms. The van der Waals surface area contributed by atoms with Crippen LogP contribution in [-0.4, -0.2) is 22.5 Å². The van der Waals surface area contributed by atoms with Crippen molar-refractivity contribution in [2.24, 2.45) is 11.8 Å². The average Bonchev–Trinajstić information content (AvgIpc) is 2.57. The number of aliphatic hydroxyl groups is 1. The topological polar surface area (TPSA) is 63.6 Å². The Labute approximate surface area is 112 Å². The second kappa shape index (κ2) is 5.13. The van der Waals surface area contributed by atoms with Gasteiger partial charge in [-0.05, 0) is 18.4 Å². The maximum Gasteiger partial charge on any atom is 0.312 e. The monoisotopic (exact) mass is 262 g/mol. The molecule has 1 N–H and O–H groups in total. The van der Waals surface area contributed by atoms with Crippen molar-refractivity contribution in [1.82, 2.24) is 0 Å². The van der Waals surface area contributed by atoms with Crippen molar-refractivity contribution in [2.75, 3.05) is 0 Å². The molecule has 1 fully saturated rings. The van der Waals surface area contributed by atoms with Crippen LogP contribution in [0.5, 0.6) is 0 Å². The molecule has 0 saturated heterocycles. The molecular weight excluding hydrogens is 244 g/mol. The van der Waals surface area contributed by atoms with E-state index in [4.69, 9.17) is 4.74 Å². The summed E-state index contributed by atoms with van der Waals surface area (Å²) < 4.78 is 5.22. The van der Waals surface area contributed by atoms with E-state index in [1.807, 2.05) is 30.3 Å². The average molecular weight is 262 g/mol. The van der Waals surface area contributed by atoms with Gasteiger partial charge in [0.25, 0.3) is 0 Å². The maximum atomic E-state index is 12.1. The van der Waals surface area contributed by atoms with Gasteiger partial charge < -0.3 is 9.84 Å². The zero-order valence-electron chi connectivity index (χ0n) is 11.1. The highest BCUT2D eigenvalue weighted by molar-refractivity contribution is 5.95. The number of benzene rings is 1. The minimum absolute atomic E-state index is 0.160. The minimum atomic E-state index is -1.60. The number of ketones is 1. The van der Waals surface area contributed by atoms with E-state index in [-0.39, 0.29) is 24.7 Å².